The zero-order chi connectivity index (χ0) is 20.1. The van der Waals surface area contributed by atoms with E-state index in [1.54, 1.807) is 38.6 Å². The normalized spacial score (nSPS) is 10.6. The van der Waals surface area contributed by atoms with Gasteiger partial charge in [0.25, 0.3) is 0 Å². The molecule has 0 spiro atoms. The van der Waals surface area contributed by atoms with E-state index in [0.717, 1.165) is 11.1 Å². The largest absolute Gasteiger partial charge is 0.493 e. The predicted octanol–water partition coefficient (Wildman–Crippen LogP) is 4.89. The Morgan fingerprint density at radius 3 is 2.50 bits per heavy atom. The van der Waals surface area contributed by atoms with E-state index in [1.165, 1.54) is 0 Å². The Kier molecular flexibility index (Phi) is 6.21. The quantitative estimate of drug-likeness (QED) is 0.611. The number of nitrogens with zero attached hydrogens (tertiary/aromatic N) is 1. The summed E-state index contributed by atoms with van der Waals surface area (Å²) in [5.41, 5.74) is 2.44. The molecular weight excluding hydrogens is 380 g/mol. The van der Waals surface area contributed by atoms with Crippen LogP contribution in [0.1, 0.15) is 17.9 Å². The van der Waals surface area contributed by atoms with Gasteiger partial charge in [0.15, 0.2) is 23.1 Å². The van der Waals surface area contributed by atoms with E-state index in [-0.39, 0.29) is 12.3 Å². The van der Waals surface area contributed by atoms with Gasteiger partial charge in [-0.15, -0.1) is 0 Å². The first-order valence-corrected chi connectivity index (χ1v) is 9.11. The Balaban J connectivity index is 1.61. The average molecular weight is 401 g/mol. The second-order valence-electron chi connectivity index (χ2n) is 6.20. The summed E-state index contributed by atoms with van der Waals surface area (Å²) >= 11 is 5.90. The number of carbonyl (C=O) groups excluding carboxylic acids is 1. The van der Waals surface area contributed by atoms with Crippen molar-refractivity contribution in [3.05, 3.63) is 59.1 Å². The molecule has 1 heterocycles. The van der Waals surface area contributed by atoms with Crippen LogP contribution in [-0.2, 0) is 11.2 Å². The third-order valence-corrected chi connectivity index (χ3v) is 4.50. The summed E-state index contributed by atoms with van der Waals surface area (Å²) in [6.45, 7) is 1.89. The minimum Gasteiger partial charge on any atom is -0.493 e. The van der Waals surface area contributed by atoms with Gasteiger partial charge >= 0.3 is 0 Å². The first-order valence-electron chi connectivity index (χ1n) is 8.73. The number of halogens is 1. The van der Waals surface area contributed by atoms with Crippen LogP contribution < -0.4 is 14.8 Å². The van der Waals surface area contributed by atoms with Crippen LogP contribution in [0.25, 0.3) is 11.3 Å². The van der Waals surface area contributed by atoms with Crippen molar-refractivity contribution in [3.63, 3.8) is 0 Å². The number of methoxy groups -OCH3 is 2. The first-order chi connectivity index (χ1) is 13.5. The topological polar surface area (TPSA) is 73.6 Å². The van der Waals surface area contributed by atoms with Gasteiger partial charge in [0.05, 0.1) is 20.4 Å². The molecule has 0 aliphatic rings. The fourth-order valence-corrected chi connectivity index (χ4v) is 2.85. The molecule has 3 rings (SSSR count). The third-order valence-electron chi connectivity index (χ3n) is 4.25. The van der Waals surface area contributed by atoms with Gasteiger partial charge in [-0.2, -0.15) is 0 Å². The molecule has 7 heteroatoms. The molecule has 2 aromatic carbocycles. The zero-order valence-corrected chi connectivity index (χ0v) is 16.7. The molecule has 146 valence electrons. The van der Waals surface area contributed by atoms with E-state index >= 15 is 0 Å². The Bertz CT molecular complexity index is 967. The molecule has 0 unspecified atom stereocenters. The van der Waals surface area contributed by atoms with Gasteiger partial charge in [0.1, 0.15) is 0 Å². The van der Waals surface area contributed by atoms with Crippen molar-refractivity contribution in [1.29, 1.82) is 0 Å². The number of carbonyl (C=O) groups is 1. The molecular formula is C21H21ClN2O4. The van der Waals surface area contributed by atoms with Gasteiger partial charge in [0, 0.05) is 35.2 Å². The second kappa shape index (κ2) is 8.80. The molecule has 6 nitrogen and oxygen atoms in total. The van der Waals surface area contributed by atoms with E-state index in [0.29, 0.717) is 40.3 Å². The summed E-state index contributed by atoms with van der Waals surface area (Å²) in [4.78, 5) is 16.6. The zero-order valence-electron chi connectivity index (χ0n) is 15.9. The minimum absolute atomic E-state index is 0.137. The molecule has 0 saturated heterocycles. The van der Waals surface area contributed by atoms with Crippen LogP contribution in [0.5, 0.6) is 11.5 Å². The summed E-state index contributed by atoms with van der Waals surface area (Å²) in [6.07, 6.45) is 2.29. The standard InChI is InChI=1S/C21H21ClN2O4/c1-13-10-17(26-2)18(27-3)11-16(13)24-20(25)8-9-21-23-12-19(28-21)14-4-6-15(22)7-5-14/h4-7,10-12H,8-9H2,1-3H3,(H,24,25). The highest BCUT2D eigenvalue weighted by atomic mass is 35.5. The Hall–Kier alpha value is -2.99. The highest BCUT2D eigenvalue weighted by molar-refractivity contribution is 6.30. The summed E-state index contributed by atoms with van der Waals surface area (Å²) < 4.78 is 16.3. The number of hydrogen-bond acceptors (Lipinski definition) is 5. The van der Waals surface area contributed by atoms with Gasteiger partial charge in [-0.25, -0.2) is 4.98 Å². The minimum atomic E-state index is -0.137. The number of ether oxygens (including phenoxy) is 2. The Morgan fingerprint density at radius 2 is 1.82 bits per heavy atom. The maximum absolute atomic E-state index is 12.3. The Morgan fingerprint density at radius 1 is 1.14 bits per heavy atom. The van der Waals surface area contributed by atoms with E-state index < -0.39 is 0 Å². The highest BCUT2D eigenvalue weighted by Gasteiger charge is 2.13. The molecule has 1 N–H and O–H groups in total. The van der Waals surface area contributed by atoms with Crippen molar-refractivity contribution in [3.8, 4) is 22.8 Å². The molecule has 0 aliphatic heterocycles. The van der Waals surface area contributed by atoms with Crippen LogP contribution in [0.2, 0.25) is 5.02 Å². The lowest BCUT2D eigenvalue weighted by Crippen LogP contribution is -2.13. The van der Waals surface area contributed by atoms with Gasteiger partial charge in [-0.1, -0.05) is 11.6 Å². The summed E-state index contributed by atoms with van der Waals surface area (Å²) in [5.74, 6) is 2.18. The van der Waals surface area contributed by atoms with E-state index in [9.17, 15) is 4.79 Å². The van der Waals surface area contributed by atoms with Gasteiger partial charge in [-0.05, 0) is 42.8 Å². The number of hydrogen-bond donors (Lipinski definition) is 1. The summed E-state index contributed by atoms with van der Waals surface area (Å²) in [6, 6.07) is 10.9. The van der Waals surface area contributed by atoms with Crippen molar-refractivity contribution >= 4 is 23.2 Å². The van der Waals surface area contributed by atoms with Crippen LogP contribution in [0.4, 0.5) is 5.69 Å². The molecule has 0 aliphatic carbocycles. The number of rotatable bonds is 7. The van der Waals surface area contributed by atoms with E-state index in [4.69, 9.17) is 25.5 Å². The molecule has 3 aromatic rings. The smallest absolute Gasteiger partial charge is 0.224 e. The van der Waals surface area contributed by atoms with Gasteiger partial charge in [-0.3, -0.25) is 4.79 Å². The van der Waals surface area contributed by atoms with Crippen LogP contribution in [0, 0.1) is 6.92 Å². The number of amides is 1. The molecule has 28 heavy (non-hydrogen) atoms. The molecule has 0 radical (unpaired) electrons. The van der Waals surface area contributed by atoms with Crippen LogP contribution in [0.15, 0.2) is 47.0 Å². The number of oxazole rings is 1. The number of nitrogens with one attached hydrogen (secondary N) is 1. The molecule has 1 aromatic heterocycles. The average Bonchev–Trinajstić information content (AvgIpc) is 3.17. The SMILES string of the molecule is COc1cc(C)c(NC(=O)CCc2ncc(-c3ccc(Cl)cc3)o2)cc1OC. The fourth-order valence-electron chi connectivity index (χ4n) is 2.72. The molecule has 0 fully saturated rings. The third kappa shape index (κ3) is 4.64. The first kappa shape index (κ1) is 19.8. The molecule has 0 atom stereocenters. The van der Waals surface area contributed by atoms with Gasteiger partial charge in [0.2, 0.25) is 5.91 Å². The number of aryl methyl sites for hydroxylation is 2. The summed E-state index contributed by atoms with van der Waals surface area (Å²) in [7, 11) is 3.13. The fraction of sp³-hybridized carbons (Fsp3) is 0.238. The number of aromatic nitrogens is 1. The van der Waals surface area contributed by atoms with Crippen molar-refractivity contribution in [2.45, 2.75) is 19.8 Å². The number of benzene rings is 2. The second-order valence-corrected chi connectivity index (χ2v) is 6.63. The van der Waals surface area contributed by atoms with Crippen molar-refractivity contribution in [2.75, 3.05) is 19.5 Å². The van der Waals surface area contributed by atoms with Crippen molar-refractivity contribution < 1.29 is 18.7 Å². The van der Waals surface area contributed by atoms with E-state index in [1.807, 2.05) is 25.1 Å². The lowest BCUT2D eigenvalue weighted by molar-refractivity contribution is -0.116. The lowest BCUT2D eigenvalue weighted by atomic mass is 10.1. The van der Waals surface area contributed by atoms with Crippen LogP contribution in [0.3, 0.4) is 0 Å². The van der Waals surface area contributed by atoms with Crippen molar-refractivity contribution in [2.24, 2.45) is 0 Å². The van der Waals surface area contributed by atoms with E-state index in [2.05, 4.69) is 10.3 Å². The number of anilines is 1. The molecule has 0 bridgehead atoms. The molecule has 1 amide bonds. The lowest BCUT2D eigenvalue weighted by Gasteiger charge is -2.13. The van der Waals surface area contributed by atoms with Gasteiger partial charge < -0.3 is 19.2 Å². The Labute approximate surface area is 168 Å². The van der Waals surface area contributed by atoms with Crippen LogP contribution in [-0.4, -0.2) is 25.1 Å². The summed E-state index contributed by atoms with van der Waals surface area (Å²) in [5, 5.41) is 3.55. The van der Waals surface area contributed by atoms with Crippen molar-refractivity contribution in [1.82, 2.24) is 4.98 Å². The van der Waals surface area contributed by atoms with Crippen LogP contribution >= 0.6 is 11.6 Å². The maximum Gasteiger partial charge on any atom is 0.224 e. The molecule has 0 saturated carbocycles. The predicted molar refractivity (Wildman–Crippen MR) is 108 cm³/mol. The highest BCUT2D eigenvalue weighted by Crippen LogP contribution is 2.33. The maximum atomic E-state index is 12.3. The monoisotopic (exact) mass is 400 g/mol.